The molecule has 0 aliphatic carbocycles. The van der Waals surface area contributed by atoms with Crippen LogP contribution in [0.2, 0.25) is 0 Å². The Labute approximate surface area is 103 Å². The van der Waals surface area contributed by atoms with Gasteiger partial charge >= 0.3 is 0 Å². The predicted molar refractivity (Wildman–Crippen MR) is 68.2 cm³/mol. The zero-order chi connectivity index (χ0) is 12.3. The van der Waals surface area contributed by atoms with Crippen LogP contribution in [0.5, 0.6) is 0 Å². The first-order chi connectivity index (χ1) is 8.22. The number of amides is 1. The lowest BCUT2D eigenvalue weighted by Gasteiger charge is -2.02. The molecule has 0 aliphatic rings. The summed E-state index contributed by atoms with van der Waals surface area (Å²) in [5, 5.41) is 14.2. The van der Waals surface area contributed by atoms with Crippen molar-refractivity contribution in [1.29, 1.82) is 5.26 Å². The Kier molecular flexibility index (Phi) is 3.22. The van der Waals surface area contributed by atoms with E-state index in [-0.39, 0.29) is 5.91 Å². The molecular formula is C13H10N2OS. The molecule has 0 fully saturated rings. The van der Waals surface area contributed by atoms with Gasteiger partial charge in [0.25, 0.3) is 5.91 Å². The summed E-state index contributed by atoms with van der Waals surface area (Å²) in [6.45, 7) is 1.85. The number of carbonyl (C=O) groups is 1. The van der Waals surface area contributed by atoms with Crippen molar-refractivity contribution >= 4 is 22.2 Å². The summed E-state index contributed by atoms with van der Waals surface area (Å²) in [5.74, 6) is -0.191. The lowest BCUT2D eigenvalue weighted by molar-refractivity contribution is 0.102. The maximum atomic E-state index is 11.9. The Hall–Kier alpha value is -2.12. The lowest BCUT2D eigenvalue weighted by Crippen LogP contribution is -2.11. The van der Waals surface area contributed by atoms with E-state index < -0.39 is 0 Å². The highest BCUT2D eigenvalue weighted by Crippen LogP contribution is 2.27. The van der Waals surface area contributed by atoms with Gasteiger partial charge in [-0.05, 0) is 30.0 Å². The van der Waals surface area contributed by atoms with Crippen molar-refractivity contribution in [3.8, 4) is 6.07 Å². The highest BCUT2D eigenvalue weighted by Gasteiger charge is 2.12. The molecule has 1 heterocycles. The van der Waals surface area contributed by atoms with E-state index in [9.17, 15) is 4.79 Å². The van der Waals surface area contributed by atoms with Crippen LogP contribution in [-0.2, 0) is 0 Å². The van der Waals surface area contributed by atoms with Crippen molar-refractivity contribution in [1.82, 2.24) is 0 Å². The second kappa shape index (κ2) is 4.81. The Morgan fingerprint density at radius 2 is 2.06 bits per heavy atom. The number of rotatable bonds is 2. The van der Waals surface area contributed by atoms with Crippen molar-refractivity contribution in [3.05, 3.63) is 52.4 Å². The van der Waals surface area contributed by atoms with Crippen LogP contribution in [0, 0.1) is 18.3 Å². The maximum Gasteiger partial charge on any atom is 0.256 e. The fourth-order valence-electron chi connectivity index (χ4n) is 1.44. The minimum atomic E-state index is -0.191. The molecule has 1 amide bonds. The molecule has 2 rings (SSSR count). The van der Waals surface area contributed by atoms with Crippen molar-refractivity contribution in [2.75, 3.05) is 5.32 Å². The van der Waals surface area contributed by atoms with E-state index in [4.69, 9.17) is 5.26 Å². The largest absolute Gasteiger partial charge is 0.312 e. The summed E-state index contributed by atoms with van der Waals surface area (Å²) in [5.41, 5.74) is 2.02. The van der Waals surface area contributed by atoms with Crippen molar-refractivity contribution in [2.24, 2.45) is 0 Å². The minimum Gasteiger partial charge on any atom is -0.312 e. The SMILES string of the molecule is Cc1csc(NC(=O)c2ccccc2)c1C#N. The second-order valence-electron chi connectivity index (χ2n) is 3.55. The van der Waals surface area contributed by atoms with Gasteiger partial charge in [-0.2, -0.15) is 5.26 Å². The normalized spacial score (nSPS) is 9.65. The second-order valence-corrected chi connectivity index (χ2v) is 4.43. The van der Waals surface area contributed by atoms with E-state index in [1.807, 2.05) is 18.4 Å². The molecule has 0 atom stereocenters. The van der Waals surface area contributed by atoms with E-state index >= 15 is 0 Å². The average molecular weight is 242 g/mol. The first kappa shape index (κ1) is 11.4. The number of nitrogens with one attached hydrogen (secondary N) is 1. The first-order valence-corrected chi connectivity index (χ1v) is 5.95. The molecule has 0 aliphatic heterocycles. The summed E-state index contributed by atoms with van der Waals surface area (Å²) < 4.78 is 0. The van der Waals surface area contributed by atoms with E-state index in [1.54, 1.807) is 24.3 Å². The maximum absolute atomic E-state index is 11.9. The van der Waals surface area contributed by atoms with Crippen LogP contribution >= 0.6 is 11.3 Å². The number of carbonyl (C=O) groups excluding carboxylic acids is 1. The number of hydrogen-bond donors (Lipinski definition) is 1. The lowest BCUT2D eigenvalue weighted by atomic mass is 10.2. The third-order valence-electron chi connectivity index (χ3n) is 2.35. The molecule has 0 saturated heterocycles. The van der Waals surface area contributed by atoms with Gasteiger partial charge in [0.05, 0.1) is 5.56 Å². The van der Waals surface area contributed by atoms with Crippen LogP contribution in [0.15, 0.2) is 35.7 Å². The van der Waals surface area contributed by atoms with Crippen LogP contribution in [0.3, 0.4) is 0 Å². The number of aryl methyl sites for hydroxylation is 1. The summed E-state index contributed by atoms with van der Waals surface area (Å²) in [6.07, 6.45) is 0. The number of nitrogens with zero attached hydrogens (tertiary/aromatic N) is 1. The van der Waals surface area contributed by atoms with Gasteiger partial charge in [0, 0.05) is 5.56 Å². The standard InChI is InChI=1S/C13H10N2OS/c1-9-8-17-13(11(9)7-14)15-12(16)10-5-3-2-4-6-10/h2-6,8H,1H3,(H,15,16). The highest BCUT2D eigenvalue weighted by atomic mass is 32.1. The molecule has 84 valence electrons. The average Bonchev–Trinajstić information content (AvgIpc) is 2.71. The molecule has 0 spiro atoms. The molecule has 1 N–H and O–H groups in total. The Balaban J connectivity index is 2.23. The molecule has 0 saturated carbocycles. The third kappa shape index (κ3) is 2.35. The summed E-state index contributed by atoms with van der Waals surface area (Å²) in [7, 11) is 0. The monoisotopic (exact) mass is 242 g/mol. The van der Waals surface area contributed by atoms with E-state index in [0.717, 1.165) is 5.56 Å². The van der Waals surface area contributed by atoms with Gasteiger partial charge in [0.2, 0.25) is 0 Å². The number of thiophene rings is 1. The topological polar surface area (TPSA) is 52.9 Å². The number of benzene rings is 1. The van der Waals surface area contributed by atoms with Gasteiger partial charge in [-0.15, -0.1) is 11.3 Å². The zero-order valence-corrected chi connectivity index (χ0v) is 10.0. The fourth-order valence-corrected chi connectivity index (χ4v) is 2.33. The van der Waals surface area contributed by atoms with E-state index in [2.05, 4.69) is 11.4 Å². The number of nitriles is 1. The van der Waals surface area contributed by atoms with Crippen molar-refractivity contribution < 1.29 is 4.79 Å². The van der Waals surface area contributed by atoms with Crippen LogP contribution < -0.4 is 5.32 Å². The summed E-state index contributed by atoms with van der Waals surface area (Å²) >= 11 is 1.37. The predicted octanol–water partition coefficient (Wildman–Crippen LogP) is 3.18. The highest BCUT2D eigenvalue weighted by molar-refractivity contribution is 7.14. The summed E-state index contributed by atoms with van der Waals surface area (Å²) in [6, 6.07) is 11.0. The molecule has 1 aromatic heterocycles. The molecular weight excluding hydrogens is 232 g/mol. The third-order valence-corrected chi connectivity index (χ3v) is 3.36. The van der Waals surface area contributed by atoms with Gasteiger partial charge in [-0.25, -0.2) is 0 Å². The van der Waals surface area contributed by atoms with E-state index in [0.29, 0.717) is 16.1 Å². The fraction of sp³-hybridized carbons (Fsp3) is 0.0769. The zero-order valence-electron chi connectivity index (χ0n) is 9.23. The molecule has 0 bridgehead atoms. The van der Waals surface area contributed by atoms with Crippen LogP contribution in [0.4, 0.5) is 5.00 Å². The first-order valence-electron chi connectivity index (χ1n) is 5.07. The quantitative estimate of drug-likeness (QED) is 0.879. The molecule has 2 aromatic rings. The van der Waals surface area contributed by atoms with Crippen LogP contribution in [0.1, 0.15) is 21.5 Å². The van der Waals surface area contributed by atoms with Gasteiger partial charge in [0.15, 0.2) is 0 Å². The molecule has 17 heavy (non-hydrogen) atoms. The van der Waals surface area contributed by atoms with E-state index in [1.165, 1.54) is 11.3 Å². The Bertz CT molecular complexity index is 581. The van der Waals surface area contributed by atoms with Crippen molar-refractivity contribution in [2.45, 2.75) is 6.92 Å². The molecule has 1 aromatic carbocycles. The smallest absolute Gasteiger partial charge is 0.256 e. The van der Waals surface area contributed by atoms with Gasteiger partial charge in [0.1, 0.15) is 11.1 Å². The van der Waals surface area contributed by atoms with Crippen LogP contribution in [0.25, 0.3) is 0 Å². The van der Waals surface area contributed by atoms with Crippen molar-refractivity contribution in [3.63, 3.8) is 0 Å². The van der Waals surface area contributed by atoms with Crippen LogP contribution in [-0.4, -0.2) is 5.91 Å². The number of anilines is 1. The number of hydrogen-bond acceptors (Lipinski definition) is 3. The van der Waals surface area contributed by atoms with Gasteiger partial charge in [-0.1, -0.05) is 18.2 Å². The molecule has 0 unspecified atom stereocenters. The molecule has 3 nitrogen and oxygen atoms in total. The summed E-state index contributed by atoms with van der Waals surface area (Å²) in [4.78, 5) is 11.9. The Morgan fingerprint density at radius 3 is 2.71 bits per heavy atom. The van der Waals surface area contributed by atoms with Gasteiger partial charge < -0.3 is 5.32 Å². The minimum absolute atomic E-state index is 0.191. The Morgan fingerprint density at radius 1 is 1.35 bits per heavy atom. The van der Waals surface area contributed by atoms with Gasteiger partial charge in [-0.3, -0.25) is 4.79 Å². The molecule has 4 heteroatoms. The molecule has 0 radical (unpaired) electrons.